The maximum absolute atomic E-state index is 14.0. The first-order valence-corrected chi connectivity index (χ1v) is 20.2. The first-order chi connectivity index (χ1) is 27.0. The second kappa shape index (κ2) is 22.7. The molecule has 0 aromatic carbocycles. The van der Waals surface area contributed by atoms with E-state index in [0.29, 0.717) is 63.1 Å². The van der Waals surface area contributed by atoms with Gasteiger partial charge in [-0.1, -0.05) is 37.8 Å². The van der Waals surface area contributed by atoms with Crippen LogP contribution in [0, 0.1) is 0 Å². The summed E-state index contributed by atoms with van der Waals surface area (Å²) in [7, 11) is 3.39. The van der Waals surface area contributed by atoms with Crippen molar-refractivity contribution in [3.8, 4) is 0 Å². The number of rotatable bonds is 22. The van der Waals surface area contributed by atoms with E-state index in [0.717, 1.165) is 38.5 Å². The largest absolute Gasteiger partial charge is 0.349 e. The average Bonchev–Trinajstić information content (AvgIpc) is 3.91. The van der Waals surface area contributed by atoms with Crippen LogP contribution in [0.15, 0.2) is 48.8 Å². The number of carbonyl (C=O) groups is 6. The number of carbonyl (C=O) groups excluding carboxylic acids is 6. The maximum atomic E-state index is 14.0. The van der Waals surface area contributed by atoms with Crippen molar-refractivity contribution < 1.29 is 28.8 Å². The minimum atomic E-state index is -0.723. The van der Waals surface area contributed by atoms with Gasteiger partial charge in [-0.05, 0) is 97.2 Å². The number of hydrogen-bond acceptors (Lipinski definition) is 10. The van der Waals surface area contributed by atoms with Crippen LogP contribution in [-0.2, 0) is 19.2 Å². The number of aromatic nitrogens is 2. The van der Waals surface area contributed by atoms with Crippen LogP contribution in [-0.4, -0.2) is 125 Å². The number of unbranched alkanes of at least 4 members (excludes halogenated alkanes) is 3. The topological polar surface area (TPSA) is 195 Å². The Bertz CT molecular complexity index is 1480. The van der Waals surface area contributed by atoms with Gasteiger partial charge >= 0.3 is 0 Å². The molecule has 306 valence electrons. The van der Waals surface area contributed by atoms with E-state index in [-0.39, 0.29) is 53.8 Å². The van der Waals surface area contributed by atoms with E-state index in [4.69, 9.17) is 0 Å². The molecule has 15 nitrogen and oxygen atoms in total. The predicted molar refractivity (Wildman–Crippen MR) is 212 cm³/mol. The van der Waals surface area contributed by atoms with E-state index in [9.17, 15) is 28.8 Å². The summed E-state index contributed by atoms with van der Waals surface area (Å²) in [6.07, 6.45) is 10.9. The van der Waals surface area contributed by atoms with Crippen molar-refractivity contribution in [2.75, 3.05) is 33.7 Å². The van der Waals surface area contributed by atoms with Gasteiger partial charge in [0.2, 0.25) is 23.6 Å². The fraction of sp³-hybridized carbons (Fsp3) is 0.610. The fourth-order valence-corrected chi connectivity index (χ4v) is 7.34. The lowest BCUT2D eigenvalue weighted by molar-refractivity contribution is -0.138. The van der Waals surface area contributed by atoms with E-state index in [1.807, 2.05) is 4.90 Å². The highest BCUT2D eigenvalue weighted by molar-refractivity contribution is 5.94. The van der Waals surface area contributed by atoms with Gasteiger partial charge in [-0.15, -0.1) is 0 Å². The number of hydrogen-bond donors (Lipinski definition) is 5. The standard InChI is InChI=1S/C41H61N9O6/c1-28(42-3)37(52)47-34(40(55)49-25-13-15-30(49)21-22-36(51)32-17-9-11-23-44-32)19-7-5-6-8-20-35(48-38(53)29(2)43-4)41(56)50-26-14-16-31(50)27-46-39(54)33-18-10-12-24-45-33/h9-12,17-18,23-24,28-31,34-35,42-43H,5-8,13-16,19-22,25-27H2,1-4H3,(H,46,54)(H,47,52)(H,48,53)/t28-,29-,30-,31-,34-,35-/m0/s1. The van der Waals surface area contributed by atoms with Gasteiger partial charge in [-0.2, -0.15) is 0 Å². The molecule has 2 aliphatic heterocycles. The zero-order chi connectivity index (χ0) is 40.5. The van der Waals surface area contributed by atoms with Crippen LogP contribution in [0.3, 0.4) is 0 Å². The molecule has 6 atom stereocenters. The number of ketones is 1. The molecular weight excluding hydrogens is 715 g/mol. The molecule has 0 aliphatic carbocycles. The molecule has 0 unspecified atom stereocenters. The first kappa shape index (κ1) is 44.0. The lowest BCUT2D eigenvalue weighted by Gasteiger charge is -2.30. The summed E-state index contributed by atoms with van der Waals surface area (Å²) in [5.41, 5.74) is 0.730. The predicted octanol–water partition coefficient (Wildman–Crippen LogP) is 2.38. The summed E-state index contributed by atoms with van der Waals surface area (Å²) in [5.74, 6) is -1.16. The molecule has 0 saturated carbocycles. The van der Waals surface area contributed by atoms with Gasteiger partial charge in [0.25, 0.3) is 5.91 Å². The molecule has 2 aromatic heterocycles. The van der Waals surface area contributed by atoms with E-state index in [1.165, 1.54) is 0 Å². The lowest BCUT2D eigenvalue weighted by atomic mass is 10.0. The molecule has 2 aromatic rings. The molecule has 56 heavy (non-hydrogen) atoms. The number of likely N-dealkylation sites (tertiary alicyclic amines) is 2. The van der Waals surface area contributed by atoms with Crippen molar-refractivity contribution in [2.24, 2.45) is 0 Å². The first-order valence-electron chi connectivity index (χ1n) is 20.2. The molecule has 0 radical (unpaired) electrons. The van der Waals surface area contributed by atoms with Gasteiger partial charge in [0.05, 0.1) is 12.1 Å². The van der Waals surface area contributed by atoms with Crippen LogP contribution < -0.4 is 26.6 Å². The van der Waals surface area contributed by atoms with Gasteiger partial charge in [-0.3, -0.25) is 38.7 Å². The summed E-state index contributed by atoms with van der Waals surface area (Å²) in [6.45, 7) is 4.90. The second-order valence-electron chi connectivity index (χ2n) is 14.9. The molecule has 2 saturated heterocycles. The van der Waals surface area contributed by atoms with Gasteiger partial charge in [-0.25, -0.2) is 0 Å². The maximum Gasteiger partial charge on any atom is 0.269 e. The van der Waals surface area contributed by atoms with Gasteiger partial charge < -0.3 is 36.4 Å². The van der Waals surface area contributed by atoms with Crippen LogP contribution in [0.1, 0.15) is 112 Å². The highest BCUT2D eigenvalue weighted by atomic mass is 16.2. The Kier molecular flexibility index (Phi) is 17.8. The lowest BCUT2D eigenvalue weighted by Crippen LogP contribution is -2.54. The molecule has 5 N–H and O–H groups in total. The highest BCUT2D eigenvalue weighted by Crippen LogP contribution is 2.25. The second-order valence-corrected chi connectivity index (χ2v) is 14.9. The zero-order valence-electron chi connectivity index (χ0n) is 33.4. The summed E-state index contributed by atoms with van der Waals surface area (Å²) in [5, 5.41) is 14.7. The highest BCUT2D eigenvalue weighted by Gasteiger charge is 2.36. The van der Waals surface area contributed by atoms with Crippen molar-refractivity contribution in [2.45, 2.75) is 127 Å². The number of nitrogens with zero attached hydrogens (tertiary/aromatic N) is 4. The Hall–Kier alpha value is -4.76. The zero-order valence-corrected chi connectivity index (χ0v) is 33.4. The minimum absolute atomic E-state index is 0.0528. The number of nitrogens with one attached hydrogen (secondary N) is 5. The number of amides is 5. The van der Waals surface area contributed by atoms with E-state index in [2.05, 4.69) is 36.6 Å². The minimum Gasteiger partial charge on any atom is -0.349 e. The quantitative estimate of drug-likeness (QED) is 0.0876. The van der Waals surface area contributed by atoms with Crippen molar-refractivity contribution in [1.29, 1.82) is 0 Å². The monoisotopic (exact) mass is 775 g/mol. The Morgan fingerprint density at radius 2 is 1.20 bits per heavy atom. The van der Waals surface area contributed by atoms with Gasteiger partial charge in [0, 0.05) is 50.5 Å². The van der Waals surface area contributed by atoms with Crippen molar-refractivity contribution in [3.63, 3.8) is 0 Å². The molecule has 4 heterocycles. The third-order valence-electron chi connectivity index (χ3n) is 11.0. The van der Waals surface area contributed by atoms with E-state index >= 15 is 0 Å². The molecular formula is C41H61N9O6. The summed E-state index contributed by atoms with van der Waals surface area (Å²) in [4.78, 5) is 91.1. The van der Waals surface area contributed by atoms with Crippen LogP contribution in [0.5, 0.6) is 0 Å². The number of Topliss-reactive ketones (excluding diaryl/α,β-unsaturated/α-hetero) is 1. The molecule has 0 bridgehead atoms. The SMILES string of the molecule is CN[C@@H](C)C(=O)N[C@@H](CCCCCC[C@H](NC(=O)[C@H](C)NC)C(=O)N1CCC[C@H]1CNC(=O)c1ccccn1)C(=O)N1CCC[C@H]1CCC(=O)c1ccccn1. The van der Waals surface area contributed by atoms with Crippen LogP contribution in [0.4, 0.5) is 0 Å². The van der Waals surface area contributed by atoms with Crippen molar-refractivity contribution >= 4 is 35.3 Å². The van der Waals surface area contributed by atoms with Crippen molar-refractivity contribution in [3.05, 3.63) is 60.2 Å². The number of likely N-dealkylation sites (N-methyl/N-ethyl adjacent to an activating group) is 2. The third kappa shape index (κ3) is 12.9. The Morgan fingerprint density at radius 1 is 0.696 bits per heavy atom. The molecule has 15 heteroatoms. The van der Waals surface area contributed by atoms with Gasteiger partial charge in [0.15, 0.2) is 5.78 Å². The normalized spacial score (nSPS) is 18.8. The van der Waals surface area contributed by atoms with Crippen molar-refractivity contribution in [1.82, 2.24) is 46.4 Å². The smallest absolute Gasteiger partial charge is 0.269 e. The Labute approximate surface area is 330 Å². The average molecular weight is 776 g/mol. The summed E-state index contributed by atoms with van der Waals surface area (Å²) >= 11 is 0. The van der Waals surface area contributed by atoms with Crippen LogP contribution in [0.25, 0.3) is 0 Å². The molecule has 0 spiro atoms. The Morgan fingerprint density at radius 3 is 1.70 bits per heavy atom. The van der Waals surface area contributed by atoms with Crippen LogP contribution >= 0.6 is 0 Å². The number of pyridine rings is 2. The molecule has 2 fully saturated rings. The van der Waals surface area contributed by atoms with E-state index in [1.54, 1.807) is 81.6 Å². The van der Waals surface area contributed by atoms with Crippen LogP contribution in [0.2, 0.25) is 0 Å². The van der Waals surface area contributed by atoms with Gasteiger partial charge in [0.1, 0.15) is 23.5 Å². The summed E-state index contributed by atoms with van der Waals surface area (Å²) < 4.78 is 0. The van der Waals surface area contributed by atoms with E-state index < -0.39 is 24.2 Å². The third-order valence-corrected chi connectivity index (χ3v) is 11.0. The fourth-order valence-electron chi connectivity index (χ4n) is 7.34. The molecule has 5 amide bonds. The molecule has 4 rings (SSSR count). The molecule has 2 aliphatic rings. The summed E-state index contributed by atoms with van der Waals surface area (Å²) in [6, 6.07) is 7.72. The Balaban J connectivity index is 1.31.